The van der Waals surface area contributed by atoms with Gasteiger partial charge in [0.15, 0.2) is 0 Å². The lowest BCUT2D eigenvalue weighted by atomic mass is 10.5. The minimum atomic E-state index is -3.31. The number of nitrogens with two attached hydrogens (primary N) is 1. The molecule has 0 aromatic carbocycles. The van der Waals surface area contributed by atoms with Gasteiger partial charge in [-0.25, -0.2) is 13.1 Å². The summed E-state index contributed by atoms with van der Waals surface area (Å²) in [7, 11) is -3.31. The Morgan fingerprint density at radius 1 is 1.54 bits per heavy atom. The Labute approximate surface area is 81.8 Å². The third-order valence-corrected chi connectivity index (χ3v) is 4.37. The van der Waals surface area contributed by atoms with Crippen molar-refractivity contribution in [3.8, 4) is 0 Å². The van der Waals surface area contributed by atoms with Crippen LogP contribution in [0.1, 0.15) is 4.88 Å². The van der Waals surface area contributed by atoms with Crippen molar-refractivity contribution in [2.24, 2.45) is 5.73 Å². The van der Waals surface area contributed by atoms with Crippen LogP contribution in [-0.2, 0) is 10.0 Å². The molecular weight excluding hydrogens is 208 g/mol. The van der Waals surface area contributed by atoms with Gasteiger partial charge in [-0.05, 0) is 19.1 Å². The van der Waals surface area contributed by atoms with Crippen LogP contribution < -0.4 is 10.5 Å². The standard InChI is InChI=1S/C7H12N2O2S2/c1-6-2-3-7(12-6)13(10,11)9-5-4-8/h2-3,9H,4-5,8H2,1H3. The maximum absolute atomic E-state index is 11.4. The van der Waals surface area contributed by atoms with Crippen LogP contribution in [0.5, 0.6) is 0 Å². The van der Waals surface area contributed by atoms with Crippen molar-refractivity contribution in [1.82, 2.24) is 4.72 Å². The van der Waals surface area contributed by atoms with Crippen LogP contribution in [0.25, 0.3) is 0 Å². The summed E-state index contributed by atoms with van der Waals surface area (Å²) in [5, 5.41) is 0. The van der Waals surface area contributed by atoms with Crippen molar-refractivity contribution < 1.29 is 8.42 Å². The van der Waals surface area contributed by atoms with Gasteiger partial charge >= 0.3 is 0 Å². The van der Waals surface area contributed by atoms with Crippen molar-refractivity contribution in [2.75, 3.05) is 13.1 Å². The molecule has 4 nitrogen and oxygen atoms in total. The summed E-state index contributed by atoms with van der Waals surface area (Å²) in [6.45, 7) is 2.45. The van der Waals surface area contributed by atoms with Crippen LogP contribution in [0, 0.1) is 6.92 Å². The summed E-state index contributed by atoms with van der Waals surface area (Å²) in [6, 6.07) is 3.38. The zero-order chi connectivity index (χ0) is 9.90. The maximum atomic E-state index is 11.4. The number of hydrogen-bond donors (Lipinski definition) is 2. The highest BCUT2D eigenvalue weighted by Crippen LogP contribution is 2.19. The summed E-state index contributed by atoms with van der Waals surface area (Å²) >= 11 is 1.25. The third kappa shape index (κ3) is 2.77. The summed E-state index contributed by atoms with van der Waals surface area (Å²) in [5.74, 6) is 0. The van der Waals surface area contributed by atoms with E-state index in [0.29, 0.717) is 10.8 Å². The van der Waals surface area contributed by atoms with Crippen LogP contribution >= 0.6 is 11.3 Å². The van der Waals surface area contributed by atoms with Crippen LogP contribution in [0.3, 0.4) is 0 Å². The first-order chi connectivity index (χ1) is 6.06. The van der Waals surface area contributed by atoms with Gasteiger partial charge in [0.1, 0.15) is 4.21 Å². The summed E-state index contributed by atoms with van der Waals surface area (Å²) in [5.41, 5.74) is 5.20. The van der Waals surface area contributed by atoms with Gasteiger partial charge in [-0.3, -0.25) is 0 Å². The number of rotatable bonds is 4. The van der Waals surface area contributed by atoms with Crippen LogP contribution in [0.2, 0.25) is 0 Å². The van der Waals surface area contributed by atoms with Crippen LogP contribution in [-0.4, -0.2) is 21.5 Å². The first-order valence-corrected chi connectivity index (χ1v) is 6.12. The van der Waals surface area contributed by atoms with E-state index in [2.05, 4.69) is 4.72 Å². The van der Waals surface area contributed by atoms with Crippen molar-refractivity contribution in [3.63, 3.8) is 0 Å². The molecule has 0 radical (unpaired) electrons. The van der Waals surface area contributed by atoms with Gasteiger partial charge in [0.2, 0.25) is 10.0 Å². The monoisotopic (exact) mass is 220 g/mol. The molecule has 3 N–H and O–H groups in total. The van der Waals surface area contributed by atoms with E-state index in [1.807, 2.05) is 6.92 Å². The lowest BCUT2D eigenvalue weighted by molar-refractivity contribution is 0.584. The molecule has 13 heavy (non-hydrogen) atoms. The number of nitrogens with one attached hydrogen (secondary N) is 1. The highest BCUT2D eigenvalue weighted by Gasteiger charge is 2.14. The van der Waals surface area contributed by atoms with E-state index in [4.69, 9.17) is 5.73 Å². The van der Waals surface area contributed by atoms with Gasteiger partial charge in [0, 0.05) is 18.0 Å². The summed E-state index contributed by atoms with van der Waals surface area (Å²) < 4.78 is 25.6. The van der Waals surface area contributed by atoms with Gasteiger partial charge in [-0.15, -0.1) is 11.3 Å². The van der Waals surface area contributed by atoms with Crippen molar-refractivity contribution >= 4 is 21.4 Å². The minimum Gasteiger partial charge on any atom is -0.329 e. The Morgan fingerprint density at radius 3 is 2.69 bits per heavy atom. The molecule has 0 bridgehead atoms. The molecular formula is C7H12N2O2S2. The first-order valence-electron chi connectivity index (χ1n) is 3.82. The van der Waals surface area contributed by atoms with Crippen LogP contribution in [0.15, 0.2) is 16.3 Å². The molecule has 0 saturated carbocycles. The maximum Gasteiger partial charge on any atom is 0.250 e. The van der Waals surface area contributed by atoms with Gasteiger partial charge < -0.3 is 5.73 Å². The number of hydrogen-bond acceptors (Lipinski definition) is 4. The van der Waals surface area contributed by atoms with Gasteiger partial charge in [-0.2, -0.15) is 0 Å². The van der Waals surface area contributed by atoms with E-state index < -0.39 is 10.0 Å². The molecule has 6 heteroatoms. The van der Waals surface area contributed by atoms with E-state index in [0.717, 1.165) is 4.88 Å². The smallest absolute Gasteiger partial charge is 0.250 e. The molecule has 0 atom stereocenters. The van der Waals surface area contributed by atoms with Gasteiger partial charge in [0.25, 0.3) is 0 Å². The van der Waals surface area contributed by atoms with E-state index in [1.165, 1.54) is 11.3 Å². The lowest BCUT2D eigenvalue weighted by Crippen LogP contribution is -2.28. The fourth-order valence-corrected chi connectivity index (χ4v) is 3.20. The molecule has 0 unspecified atom stereocenters. The molecule has 74 valence electrons. The average Bonchev–Trinajstić information content (AvgIpc) is 2.49. The SMILES string of the molecule is Cc1ccc(S(=O)(=O)NCCN)s1. The van der Waals surface area contributed by atoms with E-state index in [9.17, 15) is 8.42 Å². The molecule has 1 heterocycles. The molecule has 0 saturated heterocycles. The fourth-order valence-electron chi connectivity index (χ4n) is 0.821. The topological polar surface area (TPSA) is 72.2 Å². The quantitative estimate of drug-likeness (QED) is 0.766. The average molecular weight is 220 g/mol. The van der Waals surface area contributed by atoms with Gasteiger partial charge in [0.05, 0.1) is 0 Å². The molecule has 1 aromatic heterocycles. The largest absolute Gasteiger partial charge is 0.329 e. The molecule has 0 aliphatic heterocycles. The predicted octanol–water partition coefficient (Wildman–Crippen LogP) is 0.294. The van der Waals surface area contributed by atoms with E-state index in [-0.39, 0.29) is 6.54 Å². The number of aryl methyl sites for hydroxylation is 1. The summed E-state index contributed by atoms with van der Waals surface area (Å²) in [4.78, 5) is 0.980. The normalized spacial score (nSPS) is 11.8. The van der Waals surface area contributed by atoms with E-state index in [1.54, 1.807) is 12.1 Å². The predicted molar refractivity (Wildman–Crippen MR) is 53.3 cm³/mol. The van der Waals surface area contributed by atoms with Crippen LogP contribution in [0.4, 0.5) is 0 Å². The molecule has 1 aromatic rings. The second-order valence-corrected chi connectivity index (χ2v) is 5.83. The van der Waals surface area contributed by atoms with Gasteiger partial charge in [-0.1, -0.05) is 0 Å². The third-order valence-electron chi connectivity index (χ3n) is 1.42. The Kier molecular flexibility index (Phi) is 3.43. The molecule has 0 amide bonds. The Balaban J connectivity index is 2.82. The summed E-state index contributed by atoms with van der Waals surface area (Å²) in [6.07, 6.45) is 0. The second kappa shape index (κ2) is 4.19. The highest BCUT2D eigenvalue weighted by molar-refractivity contribution is 7.91. The molecule has 0 aliphatic carbocycles. The molecule has 0 aliphatic rings. The number of sulfonamides is 1. The first kappa shape index (κ1) is 10.6. The molecule has 1 rings (SSSR count). The second-order valence-electron chi connectivity index (χ2n) is 2.55. The molecule has 0 spiro atoms. The lowest BCUT2D eigenvalue weighted by Gasteiger charge is -2.01. The fraction of sp³-hybridized carbons (Fsp3) is 0.429. The Morgan fingerprint density at radius 2 is 2.23 bits per heavy atom. The minimum absolute atomic E-state index is 0.277. The zero-order valence-electron chi connectivity index (χ0n) is 7.28. The molecule has 0 fully saturated rings. The zero-order valence-corrected chi connectivity index (χ0v) is 8.91. The van der Waals surface area contributed by atoms with Crippen molar-refractivity contribution in [1.29, 1.82) is 0 Å². The van der Waals surface area contributed by atoms with Crippen molar-refractivity contribution in [2.45, 2.75) is 11.1 Å². The van der Waals surface area contributed by atoms with E-state index >= 15 is 0 Å². The Hall–Kier alpha value is -0.430. The number of thiophene rings is 1. The highest BCUT2D eigenvalue weighted by atomic mass is 32.2. The Bertz CT molecular complexity index is 370. The van der Waals surface area contributed by atoms with Crippen molar-refractivity contribution in [3.05, 3.63) is 17.0 Å².